The molecule has 0 unspecified atom stereocenters. The van der Waals surface area contributed by atoms with Crippen LogP contribution >= 0.6 is 23.4 Å². The monoisotopic (exact) mass is 241 g/mol. The van der Waals surface area contributed by atoms with Gasteiger partial charge in [0.15, 0.2) is 0 Å². The highest BCUT2D eigenvalue weighted by Crippen LogP contribution is 2.29. The lowest BCUT2D eigenvalue weighted by Gasteiger charge is -2.22. The number of thioether (sulfide) groups is 1. The van der Waals surface area contributed by atoms with Crippen LogP contribution in [0.1, 0.15) is 12.8 Å². The maximum absolute atomic E-state index is 6.11. The molecule has 1 aliphatic rings. The molecule has 0 atom stereocenters. The number of piperidine rings is 1. The highest BCUT2D eigenvalue weighted by Gasteiger charge is 2.13. The molecule has 1 N–H and O–H groups in total. The van der Waals surface area contributed by atoms with Crippen LogP contribution in [0.5, 0.6) is 0 Å². The first-order valence-corrected chi connectivity index (χ1v) is 6.80. The SMILES string of the molecule is Clc1ccccc1SCC1CCNCC1. The van der Waals surface area contributed by atoms with E-state index in [-0.39, 0.29) is 0 Å². The average Bonchev–Trinajstić information content (AvgIpc) is 2.29. The number of nitrogens with one attached hydrogen (secondary N) is 1. The molecule has 15 heavy (non-hydrogen) atoms. The van der Waals surface area contributed by atoms with Gasteiger partial charge in [0.1, 0.15) is 0 Å². The molecule has 82 valence electrons. The molecular formula is C12H16ClNS. The van der Waals surface area contributed by atoms with E-state index in [1.165, 1.54) is 36.6 Å². The van der Waals surface area contributed by atoms with Gasteiger partial charge in [0.25, 0.3) is 0 Å². The van der Waals surface area contributed by atoms with E-state index in [0.717, 1.165) is 10.9 Å². The summed E-state index contributed by atoms with van der Waals surface area (Å²) in [4.78, 5) is 1.22. The molecule has 0 aromatic heterocycles. The van der Waals surface area contributed by atoms with Crippen molar-refractivity contribution in [3.05, 3.63) is 29.3 Å². The quantitative estimate of drug-likeness (QED) is 0.814. The Hall–Kier alpha value is -0.180. The van der Waals surface area contributed by atoms with Crippen molar-refractivity contribution in [2.24, 2.45) is 5.92 Å². The zero-order valence-corrected chi connectivity index (χ0v) is 10.3. The van der Waals surface area contributed by atoms with Crippen LogP contribution in [0.15, 0.2) is 29.2 Å². The third-order valence-corrected chi connectivity index (χ3v) is 4.52. The van der Waals surface area contributed by atoms with Gasteiger partial charge >= 0.3 is 0 Å². The number of halogens is 1. The van der Waals surface area contributed by atoms with Gasteiger partial charge < -0.3 is 5.32 Å². The Bertz CT molecular complexity index is 310. The van der Waals surface area contributed by atoms with Gasteiger partial charge in [-0.2, -0.15) is 0 Å². The summed E-state index contributed by atoms with van der Waals surface area (Å²) in [6, 6.07) is 8.11. The molecule has 0 spiro atoms. The van der Waals surface area contributed by atoms with Crippen LogP contribution in [-0.4, -0.2) is 18.8 Å². The fraction of sp³-hybridized carbons (Fsp3) is 0.500. The standard InChI is InChI=1S/C12H16ClNS/c13-11-3-1-2-4-12(11)15-9-10-5-7-14-8-6-10/h1-4,10,14H,5-9H2. The predicted molar refractivity (Wildman–Crippen MR) is 67.8 cm³/mol. The Labute approximate surface area is 101 Å². The molecule has 2 rings (SSSR count). The molecule has 0 bridgehead atoms. The first-order chi connectivity index (χ1) is 7.36. The molecule has 1 aromatic carbocycles. The predicted octanol–water partition coefficient (Wildman–Crippen LogP) is 3.43. The zero-order chi connectivity index (χ0) is 10.5. The number of rotatable bonds is 3. The van der Waals surface area contributed by atoms with Crippen molar-refractivity contribution in [3.63, 3.8) is 0 Å². The van der Waals surface area contributed by atoms with Crippen LogP contribution in [0.2, 0.25) is 5.02 Å². The topological polar surface area (TPSA) is 12.0 Å². The third-order valence-electron chi connectivity index (χ3n) is 2.77. The minimum atomic E-state index is 0.854. The van der Waals surface area contributed by atoms with Crippen molar-refractivity contribution in [1.29, 1.82) is 0 Å². The van der Waals surface area contributed by atoms with Crippen LogP contribution in [0.4, 0.5) is 0 Å². The number of hydrogen-bond donors (Lipinski definition) is 1. The van der Waals surface area contributed by atoms with E-state index in [2.05, 4.69) is 17.4 Å². The highest BCUT2D eigenvalue weighted by molar-refractivity contribution is 7.99. The van der Waals surface area contributed by atoms with Crippen LogP contribution < -0.4 is 5.32 Å². The van der Waals surface area contributed by atoms with E-state index in [4.69, 9.17) is 11.6 Å². The second kappa shape index (κ2) is 5.78. The average molecular weight is 242 g/mol. The Morgan fingerprint density at radius 1 is 1.27 bits per heavy atom. The largest absolute Gasteiger partial charge is 0.317 e. The molecule has 1 aliphatic heterocycles. The van der Waals surface area contributed by atoms with E-state index < -0.39 is 0 Å². The van der Waals surface area contributed by atoms with Crippen molar-refractivity contribution >= 4 is 23.4 Å². The summed E-state index contributed by atoms with van der Waals surface area (Å²) in [5.74, 6) is 2.05. The summed E-state index contributed by atoms with van der Waals surface area (Å²) in [6.45, 7) is 2.35. The van der Waals surface area contributed by atoms with Crippen LogP contribution in [0.25, 0.3) is 0 Å². The second-order valence-electron chi connectivity index (χ2n) is 3.93. The number of benzene rings is 1. The van der Waals surface area contributed by atoms with Crippen molar-refractivity contribution < 1.29 is 0 Å². The molecule has 1 heterocycles. The molecule has 1 saturated heterocycles. The second-order valence-corrected chi connectivity index (χ2v) is 5.40. The highest BCUT2D eigenvalue weighted by atomic mass is 35.5. The molecule has 0 radical (unpaired) electrons. The van der Waals surface area contributed by atoms with Gasteiger partial charge in [0, 0.05) is 10.6 Å². The molecule has 1 aromatic rings. The molecular weight excluding hydrogens is 226 g/mol. The Balaban J connectivity index is 1.84. The van der Waals surface area contributed by atoms with Gasteiger partial charge in [0.05, 0.1) is 5.02 Å². The summed E-state index contributed by atoms with van der Waals surface area (Å²) in [7, 11) is 0. The summed E-state index contributed by atoms with van der Waals surface area (Å²) in [6.07, 6.45) is 2.61. The van der Waals surface area contributed by atoms with Gasteiger partial charge in [-0.05, 0) is 44.0 Å². The van der Waals surface area contributed by atoms with E-state index >= 15 is 0 Å². The maximum Gasteiger partial charge on any atom is 0.0541 e. The normalized spacial score (nSPS) is 17.9. The van der Waals surface area contributed by atoms with E-state index in [9.17, 15) is 0 Å². The molecule has 1 nitrogen and oxygen atoms in total. The summed E-state index contributed by atoms with van der Waals surface area (Å²) in [5, 5.41) is 4.27. The minimum absolute atomic E-state index is 0.854. The first kappa shape index (κ1) is 11.3. The van der Waals surface area contributed by atoms with Gasteiger partial charge in [0.2, 0.25) is 0 Å². The summed E-state index contributed by atoms with van der Waals surface area (Å²) in [5.41, 5.74) is 0. The third kappa shape index (κ3) is 3.40. The van der Waals surface area contributed by atoms with Gasteiger partial charge in [-0.25, -0.2) is 0 Å². The molecule has 3 heteroatoms. The van der Waals surface area contributed by atoms with Gasteiger partial charge in [-0.15, -0.1) is 11.8 Å². The van der Waals surface area contributed by atoms with Crippen molar-refractivity contribution in [2.45, 2.75) is 17.7 Å². The Kier molecular flexibility index (Phi) is 4.36. The summed E-state index contributed by atoms with van der Waals surface area (Å²) >= 11 is 8.00. The smallest absolute Gasteiger partial charge is 0.0541 e. The van der Waals surface area contributed by atoms with Gasteiger partial charge in [-0.1, -0.05) is 23.7 Å². The van der Waals surface area contributed by atoms with Crippen molar-refractivity contribution in [1.82, 2.24) is 5.32 Å². The van der Waals surface area contributed by atoms with E-state index in [1.807, 2.05) is 23.9 Å². The molecule has 0 saturated carbocycles. The zero-order valence-electron chi connectivity index (χ0n) is 8.71. The Morgan fingerprint density at radius 2 is 2.00 bits per heavy atom. The fourth-order valence-electron chi connectivity index (χ4n) is 1.82. The molecule has 0 aliphatic carbocycles. The van der Waals surface area contributed by atoms with E-state index in [1.54, 1.807) is 0 Å². The minimum Gasteiger partial charge on any atom is -0.317 e. The van der Waals surface area contributed by atoms with Crippen LogP contribution in [0.3, 0.4) is 0 Å². The summed E-state index contributed by atoms with van der Waals surface area (Å²) < 4.78 is 0. The van der Waals surface area contributed by atoms with Gasteiger partial charge in [-0.3, -0.25) is 0 Å². The van der Waals surface area contributed by atoms with Crippen molar-refractivity contribution in [3.8, 4) is 0 Å². The molecule has 1 fully saturated rings. The van der Waals surface area contributed by atoms with Crippen molar-refractivity contribution in [2.75, 3.05) is 18.8 Å². The lowest BCUT2D eigenvalue weighted by molar-refractivity contribution is 0.408. The number of hydrogen-bond acceptors (Lipinski definition) is 2. The lowest BCUT2D eigenvalue weighted by atomic mass is 10.0. The van der Waals surface area contributed by atoms with Crippen LogP contribution in [-0.2, 0) is 0 Å². The Morgan fingerprint density at radius 3 is 2.73 bits per heavy atom. The van der Waals surface area contributed by atoms with E-state index in [0.29, 0.717) is 0 Å². The fourth-order valence-corrected chi connectivity index (χ4v) is 3.25. The first-order valence-electron chi connectivity index (χ1n) is 5.44. The maximum atomic E-state index is 6.11. The van der Waals surface area contributed by atoms with Crippen LogP contribution in [0, 0.1) is 5.92 Å². The lowest BCUT2D eigenvalue weighted by Crippen LogP contribution is -2.28. The molecule has 0 amide bonds.